The average molecular weight is 651 g/mol. The molecular weight excluding hydrogens is 616 g/mol. The fourth-order valence-electron chi connectivity index (χ4n) is 4.09. The summed E-state index contributed by atoms with van der Waals surface area (Å²) in [6.45, 7) is 1.78. The molecule has 0 aliphatic heterocycles. The van der Waals surface area contributed by atoms with Crippen LogP contribution in [0.15, 0.2) is 99.5 Å². The third kappa shape index (κ3) is 9.01. The van der Waals surface area contributed by atoms with Crippen molar-refractivity contribution in [2.45, 2.75) is 18.4 Å². The highest BCUT2D eigenvalue weighted by Crippen LogP contribution is 2.32. The lowest BCUT2D eigenvalue weighted by Crippen LogP contribution is -2.39. The van der Waals surface area contributed by atoms with Crippen molar-refractivity contribution in [3.63, 3.8) is 0 Å². The molecule has 4 aromatic rings. The first kappa shape index (κ1) is 33.4. The number of methoxy groups -OCH3 is 2. The van der Waals surface area contributed by atoms with Crippen LogP contribution in [0.25, 0.3) is 0 Å². The summed E-state index contributed by atoms with van der Waals surface area (Å²) in [4.78, 5) is 24.8. The molecule has 46 heavy (non-hydrogen) atoms. The van der Waals surface area contributed by atoms with Gasteiger partial charge in [0.05, 0.1) is 50.4 Å². The summed E-state index contributed by atoms with van der Waals surface area (Å²) in [6.07, 6.45) is 2.92. The van der Waals surface area contributed by atoms with Crippen LogP contribution in [0.5, 0.6) is 23.0 Å². The highest BCUT2D eigenvalue weighted by Gasteiger charge is 2.28. The van der Waals surface area contributed by atoms with Gasteiger partial charge in [-0.05, 0) is 85.3 Å². The van der Waals surface area contributed by atoms with Crippen molar-refractivity contribution in [2.24, 2.45) is 5.10 Å². The Labute approximate surface area is 266 Å². The van der Waals surface area contributed by atoms with E-state index in [-0.39, 0.29) is 35.4 Å². The lowest BCUT2D eigenvalue weighted by Gasteiger charge is -2.24. The van der Waals surface area contributed by atoms with E-state index in [4.69, 9.17) is 23.4 Å². The largest absolute Gasteiger partial charge is 0.494 e. The SMILES string of the molecule is CCOc1ccc(N(CC(=O)N/N=C\c2ccc(OCC(=O)NCc3ccco3)cc2)S(=O)(=O)c2ccc(OC)c(OC)c2)cc1. The van der Waals surface area contributed by atoms with Crippen LogP contribution in [0.3, 0.4) is 0 Å². The van der Waals surface area contributed by atoms with Crippen LogP contribution in [-0.4, -0.2) is 60.4 Å². The smallest absolute Gasteiger partial charge is 0.264 e. The van der Waals surface area contributed by atoms with Gasteiger partial charge in [-0.1, -0.05) is 0 Å². The number of hydrogen-bond donors (Lipinski definition) is 2. The maximum atomic E-state index is 13.8. The molecule has 0 aliphatic rings. The number of rotatable bonds is 16. The molecule has 1 heterocycles. The van der Waals surface area contributed by atoms with E-state index in [2.05, 4.69) is 15.8 Å². The second-order valence-corrected chi connectivity index (χ2v) is 11.3. The van der Waals surface area contributed by atoms with E-state index in [0.717, 1.165) is 4.31 Å². The fraction of sp³-hybridized carbons (Fsp3) is 0.219. The Hall–Kier alpha value is -5.50. The first-order valence-electron chi connectivity index (χ1n) is 14.0. The Balaban J connectivity index is 1.40. The van der Waals surface area contributed by atoms with Gasteiger partial charge in [0.1, 0.15) is 23.8 Å². The molecule has 2 N–H and O–H groups in total. The van der Waals surface area contributed by atoms with Gasteiger partial charge >= 0.3 is 0 Å². The van der Waals surface area contributed by atoms with E-state index in [1.807, 2.05) is 6.92 Å². The van der Waals surface area contributed by atoms with E-state index in [9.17, 15) is 18.0 Å². The molecule has 14 heteroatoms. The van der Waals surface area contributed by atoms with Crippen molar-refractivity contribution >= 4 is 33.7 Å². The maximum absolute atomic E-state index is 13.8. The number of sulfonamides is 1. The van der Waals surface area contributed by atoms with Gasteiger partial charge in [0.2, 0.25) is 0 Å². The number of ether oxygens (including phenoxy) is 4. The topological polar surface area (TPSA) is 158 Å². The van der Waals surface area contributed by atoms with Gasteiger partial charge in [-0.3, -0.25) is 13.9 Å². The van der Waals surface area contributed by atoms with Crippen LogP contribution in [0.1, 0.15) is 18.2 Å². The quantitative estimate of drug-likeness (QED) is 0.136. The Morgan fingerprint density at radius 2 is 1.59 bits per heavy atom. The molecule has 0 radical (unpaired) electrons. The van der Waals surface area contributed by atoms with Gasteiger partial charge in [-0.25, -0.2) is 13.8 Å². The minimum Gasteiger partial charge on any atom is -0.494 e. The van der Waals surface area contributed by atoms with Crippen molar-refractivity contribution in [1.82, 2.24) is 10.7 Å². The van der Waals surface area contributed by atoms with Crippen LogP contribution in [0.4, 0.5) is 5.69 Å². The zero-order chi connectivity index (χ0) is 32.9. The van der Waals surface area contributed by atoms with Crippen molar-refractivity contribution in [3.8, 4) is 23.0 Å². The predicted octanol–water partition coefficient (Wildman–Crippen LogP) is 3.74. The molecule has 0 saturated heterocycles. The second-order valence-electron chi connectivity index (χ2n) is 9.46. The van der Waals surface area contributed by atoms with Crippen LogP contribution < -0.4 is 34.0 Å². The molecule has 0 spiro atoms. The molecular formula is C32H34N4O9S. The number of benzene rings is 3. The monoisotopic (exact) mass is 650 g/mol. The summed E-state index contributed by atoms with van der Waals surface area (Å²) in [7, 11) is -1.40. The van der Waals surface area contributed by atoms with Crippen molar-refractivity contribution < 1.29 is 41.4 Å². The summed E-state index contributed by atoms with van der Waals surface area (Å²) >= 11 is 0. The molecule has 2 amide bonds. The van der Waals surface area contributed by atoms with Gasteiger partial charge in [-0.15, -0.1) is 0 Å². The molecule has 13 nitrogen and oxygen atoms in total. The highest BCUT2D eigenvalue weighted by molar-refractivity contribution is 7.92. The van der Waals surface area contributed by atoms with E-state index in [1.165, 1.54) is 44.9 Å². The Morgan fingerprint density at radius 3 is 2.24 bits per heavy atom. The summed E-state index contributed by atoms with van der Waals surface area (Å²) in [5.41, 5.74) is 3.23. The Kier molecular flexibility index (Phi) is 11.6. The standard InChI is InChI=1S/C32H34N4O9S/c1-4-43-25-13-9-24(10-14-25)36(46(39,40)28-15-16-29(41-2)30(18-28)42-3)21-31(37)35-34-19-23-7-11-26(12-8-23)45-22-32(38)33-20-27-6-5-17-44-27/h5-19H,4,20-22H2,1-3H3,(H,33,38)(H,35,37)/b34-19-. The van der Waals surface area contributed by atoms with Crippen molar-refractivity contribution in [3.05, 3.63) is 96.4 Å². The van der Waals surface area contributed by atoms with E-state index in [1.54, 1.807) is 60.7 Å². The first-order valence-corrected chi connectivity index (χ1v) is 15.5. The van der Waals surface area contributed by atoms with Gasteiger partial charge < -0.3 is 28.7 Å². The van der Waals surface area contributed by atoms with Crippen LogP contribution in [-0.2, 0) is 26.2 Å². The van der Waals surface area contributed by atoms with Gasteiger partial charge in [0.25, 0.3) is 21.8 Å². The second kappa shape index (κ2) is 16.0. The third-order valence-corrected chi connectivity index (χ3v) is 8.13. The normalized spacial score (nSPS) is 11.1. The number of furan rings is 1. The van der Waals surface area contributed by atoms with Crippen LogP contribution >= 0.6 is 0 Å². The number of nitrogens with zero attached hydrogens (tertiary/aromatic N) is 2. The number of amides is 2. The van der Waals surface area contributed by atoms with Crippen LogP contribution in [0, 0.1) is 0 Å². The maximum Gasteiger partial charge on any atom is 0.264 e. The predicted molar refractivity (Wildman–Crippen MR) is 170 cm³/mol. The van der Waals surface area contributed by atoms with E-state index in [0.29, 0.717) is 35.2 Å². The number of hydrazone groups is 1. The zero-order valence-electron chi connectivity index (χ0n) is 25.5. The summed E-state index contributed by atoms with van der Waals surface area (Å²) in [6, 6.07) is 20.6. The molecule has 4 rings (SSSR count). The minimum atomic E-state index is -4.24. The van der Waals surface area contributed by atoms with Crippen molar-refractivity contribution in [2.75, 3.05) is 38.3 Å². The molecule has 0 atom stereocenters. The van der Waals surface area contributed by atoms with Crippen molar-refractivity contribution in [1.29, 1.82) is 0 Å². The van der Waals surface area contributed by atoms with Crippen LogP contribution in [0.2, 0.25) is 0 Å². The molecule has 3 aromatic carbocycles. The highest BCUT2D eigenvalue weighted by atomic mass is 32.2. The summed E-state index contributed by atoms with van der Waals surface area (Å²) < 4.78 is 55.2. The molecule has 0 fully saturated rings. The zero-order valence-corrected chi connectivity index (χ0v) is 26.3. The van der Waals surface area contributed by atoms with Gasteiger partial charge in [-0.2, -0.15) is 5.10 Å². The average Bonchev–Trinajstić information content (AvgIpc) is 3.60. The molecule has 0 saturated carbocycles. The lowest BCUT2D eigenvalue weighted by molar-refractivity contribution is -0.123. The number of nitrogens with one attached hydrogen (secondary N) is 2. The third-order valence-electron chi connectivity index (χ3n) is 6.36. The van der Waals surface area contributed by atoms with Gasteiger partial charge in [0.15, 0.2) is 18.1 Å². The summed E-state index contributed by atoms with van der Waals surface area (Å²) in [5, 5.41) is 6.66. The Bertz CT molecular complexity index is 1720. The number of carbonyl (C=O) groups excluding carboxylic acids is 2. The molecule has 1 aromatic heterocycles. The van der Waals surface area contributed by atoms with Gasteiger partial charge in [0, 0.05) is 6.07 Å². The lowest BCUT2D eigenvalue weighted by atomic mass is 10.2. The number of hydrogen-bond acceptors (Lipinski definition) is 10. The molecule has 0 aliphatic carbocycles. The number of anilines is 1. The van der Waals surface area contributed by atoms with E-state index >= 15 is 0 Å². The Morgan fingerprint density at radius 1 is 0.891 bits per heavy atom. The fourth-order valence-corrected chi connectivity index (χ4v) is 5.52. The van der Waals surface area contributed by atoms with E-state index < -0.39 is 22.5 Å². The molecule has 242 valence electrons. The molecule has 0 unspecified atom stereocenters. The summed E-state index contributed by atoms with van der Waals surface area (Å²) in [5.74, 6) is 1.22. The first-order chi connectivity index (χ1) is 22.2. The molecule has 0 bridgehead atoms. The number of carbonyl (C=O) groups is 2. The minimum absolute atomic E-state index is 0.104.